The summed E-state index contributed by atoms with van der Waals surface area (Å²) >= 11 is 0. The Bertz CT molecular complexity index is 446. The Labute approximate surface area is 140 Å². The van der Waals surface area contributed by atoms with E-state index >= 15 is 0 Å². The summed E-state index contributed by atoms with van der Waals surface area (Å²) in [4.78, 5) is 12.5. The van der Waals surface area contributed by atoms with E-state index in [0.29, 0.717) is 12.3 Å². The fraction of sp³-hybridized carbons (Fsp3) is 0.722. The highest BCUT2D eigenvalue weighted by Gasteiger charge is 2.26. The van der Waals surface area contributed by atoms with E-state index in [1.54, 1.807) is 0 Å². The molecule has 5 nitrogen and oxygen atoms in total. The third-order valence-corrected chi connectivity index (χ3v) is 4.58. The van der Waals surface area contributed by atoms with Gasteiger partial charge in [-0.3, -0.25) is 10.1 Å². The van der Waals surface area contributed by atoms with Crippen molar-refractivity contribution in [3.8, 4) is 0 Å². The first kappa shape index (κ1) is 19.9. The van der Waals surface area contributed by atoms with E-state index in [4.69, 9.17) is 5.73 Å². The van der Waals surface area contributed by atoms with Gasteiger partial charge in [-0.1, -0.05) is 32.9 Å². The third kappa shape index (κ3) is 6.09. The van der Waals surface area contributed by atoms with Gasteiger partial charge in [0.15, 0.2) is 0 Å². The Morgan fingerprint density at radius 3 is 2.74 bits per heavy atom. The van der Waals surface area contributed by atoms with Crippen LogP contribution >= 0.6 is 0 Å². The van der Waals surface area contributed by atoms with Crippen molar-refractivity contribution in [2.45, 2.75) is 65.6 Å². The maximum atomic E-state index is 12.5. The lowest BCUT2D eigenvalue weighted by Crippen LogP contribution is -2.39. The SMILES string of the molecule is C/C=C(\CC(N)CC)C(=O)NC1=CC(C(O)NCC)CCC1C. The molecule has 0 spiro atoms. The molecule has 1 aliphatic rings. The first-order valence-electron chi connectivity index (χ1n) is 8.78. The molecule has 0 aliphatic heterocycles. The molecule has 132 valence electrons. The second-order valence-corrected chi connectivity index (χ2v) is 6.41. The second-order valence-electron chi connectivity index (χ2n) is 6.41. The molecule has 1 aliphatic carbocycles. The molecular formula is C18H33N3O2. The van der Waals surface area contributed by atoms with E-state index in [-0.39, 0.29) is 17.9 Å². The van der Waals surface area contributed by atoms with Gasteiger partial charge in [-0.2, -0.15) is 0 Å². The Balaban J connectivity index is 2.77. The first-order valence-corrected chi connectivity index (χ1v) is 8.78. The molecule has 0 saturated heterocycles. The topological polar surface area (TPSA) is 87.4 Å². The van der Waals surface area contributed by atoms with Crippen LogP contribution in [0.2, 0.25) is 0 Å². The van der Waals surface area contributed by atoms with Gasteiger partial charge in [-0.15, -0.1) is 0 Å². The molecule has 1 rings (SSSR count). The lowest BCUT2D eigenvalue weighted by molar-refractivity contribution is -0.117. The molecule has 4 atom stereocenters. The lowest BCUT2D eigenvalue weighted by Gasteiger charge is -2.30. The number of aliphatic hydroxyl groups is 1. The summed E-state index contributed by atoms with van der Waals surface area (Å²) in [6, 6.07) is 0.00744. The number of rotatable bonds is 8. The maximum absolute atomic E-state index is 12.5. The minimum atomic E-state index is -0.561. The summed E-state index contributed by atoms with van der Waals surface area (Å²) in [5.41, 5.74) is 7.60. The zero-order chi connectivity index (χ0) is 17.4. The summed E-state index contributed by atoms with van der Waals surface area (Å²) in [5.74, 6) is 0.253. The van der Waals surface area contributed by atoms with E-state index in [1.165, 1.54) is 0 Å². The summed E-state index contributed by atoms with van der Waals surface area (Å²) in [6.07, 6.45) is 6.60. The number of aliphatic hydroxyl groups excluding tert-OH is 1. The fourth-order valence-corrected chi connectivity index (χ4v) is 2.83. The normalized spacial score (nSPS) is 24.8. The maximum Gasteiger partial charge on any atom is 0.251 e. The summed E-state index contributed by atoms with van der Waals surface area (Å²) in [5, 5.41) is 16.2. The highest BCUT2D eigenvalue weighted by molar-refractivity contribution is 5.94. The van der Waals surface area contributed by atoms with Crippen LogP contribution < -0.4 is 16.4 Å². The Morgan fingerprint density at radius 1 is 1.48 bits per heavy atom. The largest absolute Gasteiger partial charge is 0.378 e. The van der Waals surface area contributed by atoms with E-state index < -0.39 is 6.23 Å². The van der Waals surface area contributed by atoms with Crippen molar-refractivity contribution < 1.29 is 9.90 Å². The number of nitrogens with one attached hydrogen (secondary N) is 2. The van der Waals surface area contributed by atoms with Crippen LogP contribution in [-0.4, -0.2) is 29.8 Å². The van der Waals surface area contributed by atoms with Crippen molar-refractivity contribution in [3.63, 3.8) is 0 Å². The van der Waals surface area contributed by atoms with Gasteiger partial charge in [0.05, 0.1) is 0 Å². The molecule has 0 aromatic carbocycles. The zero-order valence-corrected chi connectivity index (χ0v) is 14.9. The minimum Gasteiger partial charge on any atom is -0.378 e. The van der Waals surface area contributed by atoms with Gasteiger partial charge in [0, 0.05) is 23.2 Å². The lowest BCUT2D eigenvalue weighted by atomic mass is 9.85. The van der Waals surface area contributed by atoms with E-state index in [9.17, 15) is 9.90 Å². The Kier molecular flexibility index (Phi) is 8.52. The van der Waals surface area contributed by atoms with Crippen LogP contribution in [-0.2, 0) is 4.79 Å². The molecule has 1 amide bonds. The molecule has 0 radical (unpaired) electrons. The van der Waals surface area contributed by atoms with Crippen LogP contribution in [0.3, 0.4) is 0 Å². The molecule has 0 heterocycles. The van der Waals surface area contributed by atoms with Crippen LogP contribution in [0.25, 0.3) is 0 Å². The third-order valence-electron chi connectivity index (χ3n) is 4.58. The standard InChI is InChI=1S/C18H33N3O2/c1-5-13(10-15(19)6-2)18(23)21-16-11-14(9-8-12(16)4)17(22)20-7-3/h5,11-12,14-15,17,20,22H,6-10,19H2,1-4H3,(H,21,23)/b13-5+. The number of hydrogen-bond acceptors (Lipinski definition) is 4. The summed E-state index contributed by atoms with van der Waals surface area (Å²) in [6.45, 7) is 8.69. The molecule has 4 unspecified atom stereocenters. The number of carbonyl (C=O) groups is 1. The highest BCUT2D eigenvalue weighted by atomic mass is 16.3. The molecule has 0 bridgehead atoms. The van der Waals surface area contributed by atoms with Gasteiger partial charge in [0.2, 0.25) is 0 Å². The molecule has 0 aromatic rings. The summed E-state index contributed by atoms with van der Waals surface area (Å²) in [7, 11) is 0. The number of carbonyl (C=O) groups excluding carboxylic acids is 1. The summed E-state index contributed by atoms with van der Waals surface area (Å²) < 4.78 is 0. The van der Waals surface area contributed by atoms with Crippen molar-refractivity contribution in [3.05, 3.63) is 23.4 Å². The van der Waals surface area contributed by atoms with Gasteiger partial charge in [-0.25, -0.2) is 0 Å². The Morgan fingerprint density at radius 2 is 2.17 bits per heavy atom. The molecule has 5 N–H and O–H groups in total. The number of nitrogens with two attached hydrogens (primary N) is 1. The van der Waals surface area contributed by atoms with Gasteiger partial charge in [0.1, 0.15) is 6.23 Å². The fourth-order valence-electron chi connectivity index (χ4n) is 2.83. The number of allylic oxidation sites excluding steroid dienone is 2. The smallest absolute Gasteiger partial charge is 0.251 e. The zero-order valence-electron chi connectivity index (χ0n) is 14.9. The average molecular weight is 323 g/mol. The quantitative estimate of drug-likeness (QED) is 0.407. The van der Waals surface area contributed by atoms with Crippen LogP contribution in [0.4, 0.5) is 0 Å². The average Bonchev–Trinajstić information content (AvgIpc) is 2.54. The predicted molar refractivity (Wildman–Crippen MR) is 94.4 cm³/mol. The monoisotopic (exact) mass is 323 g/mol. The van der Waals surface area contributed by atoms with E-state index in [2.05, 4.69) is 17.6 Å². The van der Waals surface area contributed by atoms with Crippen molar-refractivity contribution in [2.24, 2.45) is 17.6 Å². The van der Waals surface area contributed by atoms with Crippen LogP contribution in [0.5, 0.6) is 0 Å². The molecule has 5 heteroatoms. The molecule has 0 fully saturated rings. The molecular weight excluding hydrogens is 290 g/mol. The predicted octanol–water partition coefficient (Wildman–Crippen LogP) is 2.03. The van der Waals surface area contributed by atoms with Crippen LogP contribution in [0.15, 0.2) is 23.4 Å². The van der Waals surface area contributed by atoms with E-state index in [1.807, 2.05) is 32.9 Å². The Hall–Kier alpha value is -1.17. The van der Waals surface area contributed by atoms with Crippen LogP contribution in [0.1, 0.15) is 53.4 Å². The molecule has 23 heavy (non-hydrogen) atoms. The van der Waals surface area contributed by atoms with Crippen molar-refractivity contribution >= 4 is 5.91 Å². The van der Waals surface area contributed by atoms with Gasteiger partial charge in [-0.05, 0) is 45.1 Å². The number of amides is 1. The van der Waals surface area contributed by atoms with E-state index in [0.717, 1.165) is 37.1 Å². The van der Waals surface area contributed by atoms with Crippen LogP contribution in [0, 0.1) is 11.8 Å². The molecule has 0 aromatic heterocycles. The van der Waals surface area contributed by atoms with Gasteiger partial charge in [0.25, 0.3) is 5.91 Å². The van der Waals surface area contributed by atoms with Gasteiger partial charge < -0.3 is 16.2 Å². The molecule has 0 saturated carbocycles. The van der Waals surface area contributed by atoms with Crippen molar-refractivity contribution in [2.75, 3.05) is 6.54 Å². The van der Waals surface area contributed by atoms with Gasteiger partial charge >= 0.3 is 0 Å². The highest BCUT2D eigenvalue weighted by Crippen LogP contribution is 2.28. The van der Waals surface area contributed by atoms with Crippen molar-refractivity contribution in [1.82, 2.24) is 10.6 Å². The van der Waals surface area contributed by atoms with Crippen molar-refractivity contribution in [1.29, 1.82) is 0 Å². The second kappa shape index (κ2) is 9.85. The minimum absolute atomic E-state index is 0.00744. The first-order chi connectivity index (χ1) is 10.9. The number of hydrogen-bond donors (Lipinski definition) is 4.